The summed E-state index contributed by atoms with van der Waals surface area (Å²) >= 11 is 0. The van der Waals surface area contributed by atoms with Gasteiger partial charge >= 0.3 is 0 Å². The Bertz CT molecular complexity index is 550. The lowest BCUT2D eigenvalue weighted by Crippen LogP contribution is -2.47. The van der Waals surface area contributed by atoms with Gasteiger partial charge in [0.15, 0.2) is 0 Å². The summed E-state index contributed by atoms with van der Waals surface area (Å²) in [6.07, 6.45) is 10.1. The minimum Gasteiger partial charge on any atom is -0.467 e. The molecule has 0 unspecified atom stereocenters. The van der Waals surface area contributed by atoms with Crippen LogP contribution in [0.5, 0.6) is 0 Å². The highest BCUT2D eigenvalue weighted by molar-refractivity contribution is 5.89. The van der Waals surface area contributed by atoms with E-state index in [2.05, 4.69) is 17.5 Å². The minimum atomic E-state index is -0.326. The number of rotatable bonds is 4. The number of allylic oxidation sites excluding steroid dienone is 2. The number of hydrogen-bond donors (Lipinski definition) is 1. The van der Waals surface area contributed by atoms with E-state index >= 15 is 0 Å². The average molecular weight is 302 g/mol. The van der Waals surface area contributed by atoms with Gasteiger partial charge < -0.3 is 14.6 Å². The Morgan fingerprint density at radius 1 is 1.32 bits per heavy atom. The van der Waals surface area contributed by atoms with E-state index < -0.39 is 0 Å². The standard InChI is InChI=1S/C17H22N2O3/c20-16(18-12-14-8-5-11-22-14)15-9-4-10-19(15)17(21)13-6-2-1-3-7-13/h1-2,5,8,11,13,15H,3-4,6-7,9-10,12H2,(H,18,20)/t13-,15+/m1/s1. The van der Waals surface area contributed by atoms with Crippen molar-refractivity contribution in [2.45, 2.75) is 44.7 Å². The third-order valence-electron chi connectivity index (χ3n) is 4.47. The van der Waals surface area contributed by atoms with Crippen molar-refractivity contribution >= 4 is 11.8 Å². The fourth-order valence-corrected chi connectivity index (χ4v) is 3.26. The summed E-state index contributed by atoms with van der Waals surface area (Å²) in [6.45, 7) is 1.06. The molecular formula is C17H22N2O3. The quantitative estimate of drug-likeness (QED) is 0.868. The SMILES string of the molecule is O=C(NCc1ccco1)[C@@H]1CCCN1C(=O)[C@@H]1CC=CCC1. The third-order valence-corrected chi connectivity index (χ3v) is 4.47. The molecule has 1 N–H and O–H groups in total. The van der Waals surface area contributed by atoms with Gasteiger partial charge in [-0.05, 0) is 44.2 Å². The maximum atomic E-state index is 12.6. The molecule has 22 heavy (non-hydrogen) atoms. The van der Waals surface area contributed by atoms with E-state index in [4.69, 9.17) is 4.42 Å². The van der Waals surface area contributed by atoms with E-state index in [0.29, 0.717) is 13.1 Å². The maximum Gasteiger partial charge on any atom is 0.243 e. The van der Waals surface area contributed by atoms with Gasteiger partial charge in [0.05, 0.1) is 12.8 Å². The Labute approximate surface area is 130 Å². The molecule has 0 bridgehead atoms. The molecule has 0 aromatic carbocycles. The highest BCUT2D eigenvalue weighted by Crippen LogP contribution is 2.26. The molecule has 2 atom stereocenters. The van der Waals surface area contributed by atoms with Crippen LogP contribution in [0.3, 0.4) is 0 Å². The van der Waals surface area contributed by atoms with Crippen molar-refractivity contribution < 1.29 is 14.0 Å². The molecule has 0 spiro atoms. The molecule has 0 saturated carbocycles. The van der Waals surface area contributed by atoms with Crippen molar-refractivity contribution in [2.24, 2.45) is 5.92 Å². The van der Waals surface area contributed by atoms with Gasteiger partial charge in [-0.1, -0.05) is 12.2 Å². The molecular weight excluding hydrogens is 280 g/mol. The molecule has 0 radical (unpaired) electrons. The van der Waals surface area contributed by atoms with Crippen molar-refractivity contribution in [3.05, 3.63) is 36.3 Å². The Morgan fingerprint density at radius 3 is 2.95 bits per heavy atom. The van der Waals surface area contributed by atoms with Crippen LogP contribution in [-0.4, -0.2) is 29.3 Å². The van der Waals surface area contributed by atoms with Crippen LogP contribution < -0.4 is 5.32 Å². The van der Waals surface area contributed by atoms with E-state index in [-0.39, 0.29) is 23.8 Å². The highest BCUT2D eigenvalue weighted by atomic mass is 16.3. The fraction of sp³-hybridized carbons (Fsp3) is 0.529. The molecule has 5 heteroatoms. The van der Waals surface area contributed by atoms with Crippen LogP contribution in [-0.2, 0) is 16.1 Å². The number of nitrogens with one attached hydrogen (secondary N) is 1. The lowest BCUT2D eigenvalue weighted by Gasteiger charge is -2.28. The van der Waals surface area contributed by atoms with Crippen LogP contribution in [0.1, 0.15) is 37.9 Å². The molecule has 2 amide bonds. The fourth-order valence-electron chi connectivity index (χ4n) is 3.26. The van der Waals surface area contributed by atoms with Gasteiger partial charge in [-0.3, -0.25) is 9.59 Å². The second-order valence-electron chi connectivity index (χ2n) is 5.97. The third kappa shape index (κ3) is 3.24. The normalized spacial score (nSPS) is 24.5. The molecule has 1 saturated heterocycles. The predicted molar refractivity (Wildman–Crippen MR) is 81.8 cm³/mol. The van der Waals surface area contributed by atoms with E-state index in [1.807, 2.05) is 6.07 Å². The monoisotopic (exact) mass is 302 g/mol. The molecule has 1 aromatic rings. The van der Waals surface area contributed by atoms with E-state index in [1.54, 1.807) is 17.2 Å². The highest BCUT2D eigenvalue weighted by Gasteiger charge is 2.36. The van der Waals surface area contributed by atoms with Gasteiger partial charge in [0.2, 0.25) is 11.8 Å². The van der Waals surface area contributed by atoms with Gasteiger partial charge in [0, 0.05) is 12.5 Å². The summed E-state index contributed by atoms with van der Waals surface area (Å²) in [5.74, 6) is 0.832. The van der Waals surface area contributed by atoms with E-state index in [0.717, 1.165) is 37.9 Å². The second kappa shape index (κ2) is 6.81. The number of furan rings is 1. The van der Waals surface area contributed by atoms with E-state index in [1.165, 1.54) is 0 Å². The Morgan fingerprint density at radius 2 is 2.23 bits per heavy atom. The molecule has 1 aliphatic heterocycles. The first-order valence-electron chi connectivity index (χ1n) is 8.01. The van der Waals surface area contributed by atoms with Gasteiger partial charge in [-0.25, -0.2) is 0 Å². The number of hydrogen-bond acceptors (Lipinski definition) is 3. The molecule has 1 aromatic heterocycles. The minimum absolute atomic E-state index is 0.0449. The van der Waals surface area contributed by atoms with Crippen LogP contribution in [0.4, 0.5) is 0 Å². The Kier molecular flexibility index (Phi) is 4.61. The van der Waals surface area contributed by atoms with E-state index in [9.17, 15) is 9.59 Å². The largest absolute Gasteiger partial charge is 0.467 e. The average Bonchev–Trinajstić information content (AvgIpc) is 3.24. The van der Waals surface area contributed by atoms with Crippen LogP contribution in [0, 0.1) is 5.92 Å². The molecule has 5 nitrogen and oxygen atoms in total. The van der Waals surface area contributed by atoms with Crippen LogP contribution in [0.2, 0.25) is 0 Å². The lowest BCUT2D eigenvalue weighted by atomic mass is 9.93. The maximum absolute atomic E-state index is 12.6. The summed E-state index contributed by atoms with van der Waals surface area (Å²) in [7, 11) is 0. The smallest absolute Gasteiger partial charge is 0.243 e. The summed E-state index contributed by atoms with van der Waals surface area (Å²) in [5.41, 5.74) is 0. The number of nitrogens with zero attached hydrogens (tertiary/aromatic N) is 1. The molecule has 1 fully saturated rings. The first kappa shape index (κ1) is 14.9. The zero-order chi connectivity index (χ0) is 15.4. The molecule has 1 aliphatic carbocycles. The summed E-state index contributed by atoms with van der Waals surface area (Å²) in [4.78, 5) is 26.8. The van der Waals surface area contributed by atoms with Gasteiger partial charge in [0.25, 0.3) is 0 Å². The first-order chi connectivity index (χ1) is 10.8. The number of carbonyl (C=O) groups excluding carboxylic acids is 2. The van der Waals surface area contributed by atoms with Crippen molar-refractivity contribution in [1.82, 2.24) is 10.2 Å². The zero-order valence-electron chi connectivity index (χ0n) is 12.7. The topological polar surface area (TPSA) is 62.6 Å². The van der Waals surface area contributed by atoms with Crippen molar-refractivity contribution in [3.63, 3.8) is 0 Å². The Hall–Kier alpha value is -2.04. The lowest BCUT2D eigenvalue weighted by molar-refractivity contribution is -0.141. The second-order valence-corrected chi connectivity index (χ2v) is 5.97. The number of amides is 2. The predicted octanol–water partition coefficient (Wildman–Crippen LogP) is 2.24. The molecule has 2 heterocycles. The summed E-state index contributed by atoms with van der Waals surface area (Å²) in [6, 6.07) is 3.30. The number of carbonyl (C=O) groups is 2. The van der Waals surface area contributed by atoms with Crippen molar-refractivity contribution in [3.8, 4) is 0 Å². The van der Waals surface area contributed by atoms with Crippen LogP contribution >= 0.6 is 0 Å². The molecule has 118 valence electrons. The molecule has 3 rings (SSSR count). The van der Waals surface area contributed by atoms with Gasteiger partial charge in [0.1, 0.15) is 11.8 Å². The summed E-state index contributed by atoms with van der Waals surface area (Å²) < 4.78 is 5.21. The first-order valence-corrected chi connectivity index (χ1v) is 8.01. The Balaban J connectivity index is 1.58. The molecule has 2 aliphatic rings. The van der Waals surface area contributed by atoms with Crippen LogP contribution in [0.25, 0.3) is 0 Å². The van der Waals surface area contributed by atoms with Crippen molar-refractivity contribution in [2.75, 3.05) is 6.54 Å². The van der Waals surface area contributed by atoms with Crippen molar-refractivity contribution in [1.29, 1.82) is 0 Å². The van der Waals surface area contributed by atoms with Gasteiger partial charge in [-0.15, -0.1) is 0 Å². The van der Waals surface area contributed by atoms with Gasteiger partial charge in [-0.2, -0.15) is 0 Å². The zero-order valence-corrected chi connectivity index (χ0v) is 12.7. The van der Waals surface area contributed by atoms with Crippen LogP contribution in [0.15, 0.2) is 35.0 Å². The summed E-state index contributed by atoms with van der Waals surface area (Å²) in [5, 5.41) is 2.87. The number of likely N-dealkylation sites (tertiary alicyclic amines) is 1.